The van der Waals surface area contributed by atoms with Crippen molar-refractivity contribution < 1.29 is 9.47 Å². The van der Waals surface area contributed by atoms with Crippen LogP contribution in [-0.2, 0) is 6.54 Å². The van der Waals surface area contributed by atoms with Crippen molar-refractivity contribution >= 4 is 23.4 Å². The monoisotopic (exact) mass is 430 g/mol. The molecule has 0 aliphatic heterocycles. The minimum absolute atomic E-state index is 0.604. The Bertz CT molecular complexity index is 766. The Morgan fingerprint density at radius 3 is 2.60 bits per heavy atom. The zero-order chi connectivity index (χ0) is 21.2. The molecule has 1 heterocycles. The van der Waals surface area contributed by atoms with Crippen LogP contribution >= 0.6 is 11.8 Å². The molecule has 1 N–H and O–H groups in total. The van der Waals surface area contributed by atoms with Crippen molar-refractivity contribution in [2.45, 2.75) is 39.2 Å². The first-order valence-electron chi connectivity index (χ1n) is 10.8. The van der Waals surface area contributed by atoms with Crippen LogP contribution in [0, 0.1) is 5.92 Å². The predicted octanol–water partition coefficient (Wildman–Crippen LogP) is 4.86. The summed E-state index contributed by atoms with van der Waals surface area (Å²) in [6, 6.07) is 6.31. The molecular weight excluding hydrogens is 396 g/mol. The van der Waals surface area contributed by atoms with E-state index in [1.165, 1.54) is 36.9 Å². The second kappa shape index (κ2) is 11.9. The molecule has 7 heteroatoms. The van der Waals surface area contributed by atoms with Crippen molar-refractivity contribution in [3.8, 4) is 11.5 Å². The second-order valence-corrected chi connectivity index (χ2v) is 8.61. The minimum atomic E-state index is 0.604. The van der Waals surface area contributed by atoms with E-state index in [1.807, 2.05) is 6.07 Å². The number of rotatable bonds is 12. The van der Waals surface area contributed by atoms with Gasteiger partial charge in [0, 0.05) is 37.1 Å². The molecule has 0 radical (unpaired) electrons. The first-order chi connectivity index (χ1) is 14.7. The molecule has 1 aromatic heterocycles. The van der Waals surface area contributed by atoms with Gasteiger partial charge in [-0.3, -0.25) is 0 Å². The van der Waals surface area contributed by atoms with Crippen molar-refractivity contribution in [3.05, 3.63) is 36.2 Å². The van der Waals surface area contributed by atoms with Crippen LogP contribution in [0.5, 0.6) is 11.5 Å². The Morgan fingerprint density at radius 1 is 1.17 bits per heavy atom. The fourth-order valence-electron chi connectivity index (χ4n) is 3.92. The van der Waals surface area contributed by atoms with Crippen LogP contribution in [0.15, 0.2) is 30.6 Å². The summed E-state index contributed by atoms with van der Waals surface area (Å²) in [4.78, 5) is 11.3. The summed E-state index contributed by atoms with van der Waals surface area (Å²) < 4.78 is 11.1. The van der Waals surface area contributed by atoms with Gasteiger partial charge in [0.05, 0.1) is 26.1 Å². The SMILES string of the molecule is CCN(CC1CCCC1)c1cc(OC)ccc1CNc1ncc(OCCSC)cn1. The Hall–Kier alpha value is -2.15. The van der Waals surface area contributed by atoms with Gasteiger partial charge in [-0.25, -0.2) is 9.97 Å². The molecular formula is C23H34N4O2S. The lowest BCUT2D eigenvalue weighted by Gasteiger charge is -2.29. The maximum atomic E-state index is 5.62. The summed E-state index contributed by atoms with van der Waals surface area (Å²) >= 11 is 1.76. The van der Waals surface area contributed by atoms with Crippen molar-refractivity contribution in [1.82, 2.24) is 9.97 Å². The van der Waals surface area contributed by atoms with Gasteiger partial charge in [-0.05, 0) is 43.6 Å². The summed E-state index contributed by atoms with van der Waals surface area (Å²) in [6.07, 6.45) is 10.9. The molecule has 1 aromatic carbocycles. The van der Waals surface area contributed by atoms with E-state index in [0.717, 1.165) is 30.5 Å². The molecule has 3 rings (SSSR count). The molecule has 0 amide bonds. The summed E-state index contributed by atoms with van der Waals surface area (Å²) in [5.74, 6) is 3.94. The zero-order valence-electron chi connectivity index (χ0n) is 18.4. The lowest BCUT2D eigenvalue weighted by Crippen LogP contribution is -2.29. The van der Waals surface area contributed by atoms with Crippen LogP contribution < -0.4 is 19.7 Å². The molecule has 30 heavy (non-hydrogen) atoms. The number of aromatic nitrogens is 2. The zero-order valence-corrected chi connectivity index (χ0v) is 19.2. The number of methoxy groups -OCH3 is 1. The highest BCUT2D eigenvalue weighted by molar-refractivity contribution is 7.98. The highest BCUT2D eigenvalue weighted by Gasteiger charge is 2.20. The normalized spacial score (nSPS) is 14.0. The van der Waals surface area contributed by atoms with Gasteiger partial charge in [-0.2, -0.15) is 11.8 Å². The average molecular weight is 431 g/mol. The number of hydrogen-bond acceptors (Lipinski definition) is 7. The Kier molecular flexibility index (Phi) is 8.93. The molecule has 1 aliphatic rings. The number of thioether (sulfide) groups is 1. The van der Waals surface area contributed by atoms with Gasteiger partial charge in [0.1, 0.15) is 5.75 Å². The number of hydrogen-bond donors (Lipinski definition) is 1. The molecule has 0 saturated heterocycles. The van der Waals surface area contributed by atoms with Gasteiger partial charge in [0.25, 0.3) is 0 Å². The van der Waals surface area contributed by atoms with Crippen molar-refractivity contribution in [1.29, 1.82) is 0 Å². The van der Waals surface area contributed by atoms with Crippen LogP contribution in [-0.4, -0.2) is 48.8 Å². The standard InChI is InChI=1S/C23H34N4O2S/c1-4-27(17-18-7-5-6-8-18)22-13-20(28-2)10-9-19(22)14-24-23-25-15-21(16-26-23)29-11-12-30-3/h9-10,13,15-16,18H,4-8,11-12,14,17H2,1-3H3,(H,24,25,26). The van der Waals surface area contributed by atoms with Gasteiger partial charge in [-0.1, -0.05) is 18.9 Å². The van der Waals surface area contributed by atoms with Crippen LogP contribution in [0.25, 0.3) is 0 Å². The van der Waals surface area contributed by atoms with E-state index >= 15 is 0 Å². The average Bonchev–Trinajstić information content (AvgIpc) is 3.30. The second-order valence-electron chi connectivity index (χ2n) is 7.62. The minimum Gasteiger partial charge on any atom is -0.497 e. The van der Waals surface area contributed by atoms with Gasteiger partial charge >= 0.3 is 0 Å². The van der Waals surface area contributed by atoms with E-state index in [1.54, 1.807) is 31.3 Å². The number of nitrogens with zero attached hydrogens (tertiary/aromatic N) is 3. The molecule has 0 unspecified atom stereocenters. The van der Waals surface area contributed by atoms with Gasteiger partial charge < -0.3 is 19.7 Å². The van der Waals surface area contributed by atoms with E-state index < -0.39 is 0 Å². The number of nitrogens with one attached hydrogen (secondary N) is 1. The molecule has 0 atom stereocenters. The third-order valence-corrected chi connectivity index (χ3v) is 6.16. The van der Waals surface area contributed by atoms with E-state index in [-0.39, 0.29) is 0 Å². The van der Waals surface area contributed by atoms with Gasteiger partial charge in [-0.15, -0.1) is 0 Å². The Morgan fingerprint density at radius 2 is 1.93 bits per heavy atom. The van der Waals surface area contributed by atoms with E-state index in [4.69, 9.17) is 9.47 Å². The van der Waals surface area contributed by atoms with Crippen molar-refractivity contribution in [3.63, 3.8) is 0 Å². The maximum Gasteiger partial charge on any atom is 0.223 e. The topological polar surface area (TPSA) is 59.5 Å². The quantitative estimate of drug-likeness (QED) is 0.483. The largest absolute Gasteiger partial charge is 0.497 e. The lowest BCUT2D eigenvalue weighted by atomic mass is 10.1. The van der Waals surface area contributed by atoms with Gasteiger partial charge in [0.2, 0.25) is 5.95 Å². The van der Waals surface area contributed by atoms with Crippen molar-refractivity contribution in [2.75, 3.05) is 49.0 Å². The Labute approximate surface area is 184 Å². The molecule has 0 bridgehead atoms. The molecule has 6 nitrogen and oxygen atoms in total. The number of benzene rings is 1. The molecule has 0 spiro atoms. The van der Waals surface area contributed by atoms with E-state index in [9.17, 15) is 0 Å². The third kappa shape index (κ3) is 6.42. The van der Waals surface area contributed by atoms with Crippen LogP contribution in [0.4, 0.5) is 11.6 Å². The highest BCUT2D eigenvalue weighted by Crippen LogP contribution is 2.31. The van der Waals surface area contributed by atoms with E-state index in [0.29, 0.717) is 24.8 Å². The lowest BCUT2D eigenvalue weighted by molar-refractivity contribution is 0.341. The summed E-state index contributed by atoms with van der Waals surface area (Å²) in [7, 11) is 1.72. The molecule has 1 saturated carbocycles. The molecule has 1 fully saturated rings. The summed E-state index contributed by atoms with van der Waals surface area (Å²) in [5, 5.41) is 3.36. The fraction of sp³-hybridized carbons (Fsp3) is 0.565. The highest BCUT2D eigenvalue weighted by atomic mass is 32.2. The third-order valence-electron chi connectivity index (χ3n) is 5.59. The van der Waals surface area contributed by atoms with Crippen LogP contribution in [0.2, 0.25) is 0 Å². The molecule has 1 aliphatic carbocycles. The fourth-order valence-corrected chi connectivity index (χ4v) is 4.17. The number of ether oxygens (including phenoxy) is 2. The number of anilines is 2. The molecule has 164 valence electrons. The van der Waals surface area contributed by atoms with E-state index in [2.05, 4.69) is 45.5 Å². The Balaban J connectivity index is 1.67. The predicted molar refractivity (Wildman–Crippen MR) is 126 cm³/mol. The maximum absolute atomic E-state index is 5.62. The van der Waals surface area contributed by atoms with Crippen LogP contribution in [0.1, 0.15) is 38.2 Å². The van der Waals surface area contributed by atoms with Gasteiger partial charge in [0.15, 0.2) is 5.75 Å². The molecule has 2 aromatic rings. The first-order valence-corrected chi connectivity index (χ1v) is 12.2. The first kappa shape index (κ1) is 22.5. The van der Waals surface area contributed by atoms with Crippen LogP contribution in [0.3, 0.4) is 0 Å². The smallest absolute Gasteiger partial charge is 0.223 e. The van der Waals surface area contributed by atoms with Crippen molar-refractivity contribution in [2.24, 2.45) is 5.92 Å². The summed E-state index contributed by atoms with van der Waals surface area (Å²) in [6.45, 7) is 5.64. The summed E-state index contributed by atoms with van der Waals surface area (Å²) in [5.41, 5.74) is 2.45.